The molecule has 104 valence electrons. The summed E-state index contributed by atoms with van der Waals surface area (Å²) in [7, 11) is 0. The first-order valence-corrected chi connectivity index (χ1v) is 7.14. The molecule has 2 rings (SSSR count). The highest BCUT2D eigenvalue weighted by Crippen LogP contribution is 2.29. The largest absolute Gasteiger partial charge is 0.396 e. The molecule has 2 N–H and O–H groups in total. The third kappa shape index (κ3) is 3.51. The van der Waals surface area contributed by atoms with Gasteiger partial charge in [0.25, 0.3) is 0 Å². The summed E-state index contributed by atoms with van der Waals surface area (Å²) in [6, 6.07) is 7.23. The summed E-state index contributed by atoms with van der Waals surface area (Å²) in [6.07, 6.45) is 0.0485. The number of halogens is 4. The van der Waals surface area contributed by atoms with E-state index in [1.807, 2.05) is 0 Å². The summed E-state index contributed by atoms with van der Waals surface area (Å²) >= 11 is 15.0. The normalized spacial score (nSPS) is 10.6. The van der Waals surface area contributed by atoms with Gasteiger partial charge >= 0.3 is 0 Å². The van der Waals surface area contributed by atoms with Crippen molar-refractivity contribution in [3.05, 3.63) is 61.8 Å². The van der Waals surface area contributed by atoms with Gasteiger partial charge in [-0.3, -0.25) is 4.79 Å². The molecule has 0 amide bonds. The van der Waals surface area contributed by atoms with Gasteiger partial charge in [0.1, 0.15) is 5.82 Å². The highest BCUT2D eigenvalue weighted by Gasteiger charge is 2.12. The Kier molecular flexibility index (Phi) is 4.68. The van der Waals surface area contributed by atoms with Gasteiger partial charge in [-0.1, -0.05) is 39.1 Å². The molecule has 0 bridgehead atoms. The zero-order valence-electron chi connectivity index (χ0n) is 10.1. The van der Waals surface area contributed by atoms with Crippen LogP contribution in [0.1, 0.15) is 15.9 Å². The van der Waals surface area contributed by atoms with E-state index in [0.29, 0.717) is 15.6 Å². The van der Waals surface area contributed by atoms with Crippen LogP contribution in [0, 0.1) is 5.82 Å². The van der Waals surface area contributed by atoms with Gasteiger partial charge in [0.2, 0.25) is 0 Å². The molecule has 0 unspecified atom stereocenters. The molecule has 0 aromatic heterocycles. The zero-order valence-corrected chi connectivity index (χ0v) is 13.2. The summed E-state index contributed by atoms with van der Waals surface area (Å²) in [6.45, 7) is 0. The van der Waals surface area contributed by atoms with Gasteiger partial charge in [-0.05, 0) is 35.9 Å². The van der Waals surface area contributed by atoms with Gasteiger partial charge < -0.3 is 5.73 Å². The minimum absolute atomic E-state index is 0.0485. The monoisotopic (exact) mass is 375 g/mol. The number of nitrogens with two attached hydrogens (primary N) is 1. The molecule has 0 heterocycles. The van der Waals surface area contributed by atoms with Gasteiger partial charge in [-0.15, -0.1) is 0 Å². The van der Waals surface area contributed by atoms with Gasteiger partial charge in [0.15, 0.2) is 5.78 Å². The first kappa shape index (κ1) is 15.3. The van der Waals surface area contributed by atoms with E-state index in [0.717, 1.165) is 0 Å². The quantitative estimate of drug-likeness (QED) is 0.611. The smallest absolute Gasteiger partial charge is 0.167 e. The number of carbonyl (C=O) groups excluding carboxylic acids is 1. The van der Waals surface area contributed by atoms with E-state index >= 15 is 0 Å². The number of rotatable bonds is 3. The summed E-state index contributed by atoms with van der Waals surface area (Å²) < 4.78 is 13.8. The molecular formula is C14H9BrCl2FNO. The standard InChI is InChI=1S/C14H9BrCl2FNO/c15-9-1-7(2-10(18)6-9)3-13(20)8-4-11(16)14(19)12(17)5-8/h1-2,4-6H,3,19H2. The Morgan fingerprint density at radius 3 is 2.30 bits per heavy atom. The van der Waals surface area contributed by atoms with Crippen LogP contribution in [0.4, 0.5) is 10.1 Å². The minimum atomic E-state index is -0.407. The molecule has 6 heteroatoms. The highest BCUT2D eigenvalue weighted by atomic mass is 79.9. The van der Waals surface area contributed by atoms with Gasteiger partial charge in [-0.25, -0.2) is 4.39 Å². The number of ketones is 1. The fourth-order valence-electron chi connectivity index (χ4n) is 1.75. The molecule has 0 spiro atoms. The zero-order chi connectivity index (χ0) is 14.9. The molecule has 0 atom stereocenters. The second-order valence-electron chi connectivity index (χ2n) is 4.23. The molecule has 0 fully saturated rings. The van der Waals surface area contributed by atoms with E-state index in [1.54, 1.807) is 6.07 Å². The van der Waals surface area contributed by atoms with Crippen LogP contribution in [-0.2, 0) is 6.42 Å². The van der Waals surface area contributed by atoms with Crippen LogP contribution in [0.2, 0.25) is 10.0 Å². The Labute approximate surface area is 133 Å². The average Bonchev–Trinajstić information content (AvgIpc) is 2.33. The third-order valence-electron chi connectivity index (χ3n) is 2.69. The molecule has 2 aromatic carbocycles. The molecular weight excluding hydrogens is 368 g/mol. The maximum atomic E-state index is 13.3. The van der Waals surface area contributed by atoms with E-state index in [2.05, 4.69) is 15.9 Å². The predicted molar refractivity (Wildman–Crippen MR) is 83.0 cm³/mol. The van der Waals surface area contributed by atoms with Crippen LogP contribution in [0.5, 0.6) is 0 Å². The van der Waals surface area contributed by atoms with Gasteiger partial charge in [0.05, 0.1) is 15.7 Å². The number of Topliss-reactive ketones (excluding diaryl/α,β-unsaturated/α-hetero) is 1. The maximum absolute atomic E-state index is 13.3. The van der Waals surface area contributed by atoms with Crippen molar-refractivity contribution in [2.24, 2.45) is 0 Å². The van der Waals surface area contributed by atoms with Crippen molar-refractivity contribution in [3.8, 4) is 0 Å². The van der Waals surface area contributed by atoms with Crippen molar-refractivity contribution in [1.82, 2.24) is 0 Å². The Morgan fingerprint density at radius 1 is 1.15 bits per heavy atom. The lowest BCUT2D eigenvalue weighted by atomic mass is 10.0. The first-order chi connectivity index (χ1) is 9.36. The van der Waals surface area contributed by atoms with Crippen LogP contribution in [0.25, 0.3) is 0 Å². The van der Waals surface area contributed by atoms with Crippen molar-refractivity contribution < 1.29 is 9.18 Å². The van der Waals surface area contributed by atoms with Gasteiger partial charge in [-0.2, -0.15) is 0 Å². The first-order valence-electron chi connectivity index (χ1n) is 5.59. The minimum Gasteiger partial charge on any atom is -0.396 e. The van der Waals surface area contributed by atoms with Crippen molar-refractivity contribution >= 4 is 50.6 Å². The number of nitrogen functional groups attached to an aromatic ring is 1. The van der Waals surface area contributed by atoms with E-state index in [1.165, 1.54) is 24.3 Å². The second kappa shape index (κ2) is 6.12. The third-order valence-corrected chi connectivity index (χ3v) is 3.77. The van der Waals surface area contributed by atoms with Crippen molar-refractivity contribution in [3.63, 3.8) is 0 Å². The lowest BCUT2D eigenvalue weighted by Crippen LogP contribution is -2.05. The van der Waals surface area contributed by atoms with Crippen molar-refractivity contribution in [1.29, 1.82) is 0 Å². The summed E-state index contributed by atoms with van der Waals surface area (Å²) in [5, 5.41) is 0.447. The summed E-state index contributed by atoms with van der Waals surface area (Å²) in [5.74, 6) is -0.623. The van der Waals surface area contributed by atoms with E-state index in [-0.39, 0.29) is 27.9 Å². The molecule has 0 radical (unpaired) electrons. The van der Waals surface area contributed by atoms with Crippen molar-refractivity contribution in [2.75, 3.05) is 5.73 Å². The second-order valence-corrected chi connectivity index (χ2v) is 5.96. The van der Waals surface area contributed by atoms with E-state index < -0.39 is 5.82 Å². The average molecular weight is 377 g/mol. The van der Waals surface area contributed by atoms with E-state index in [4.69, 9.17) is 28.9 Å². The van der Waals surface area contributed by atoms with Crippen molar-refractivity contribution in [2.45, 2.75) is 6.42 Å². The lowest BCUT2D eigenvalue weighted by molar-refractivity contribution is 0.0993. The maximum Gasteiger partial charge on any atom is 0.167 e. The SMILES string of the molecule is Nc1c(Cl)cc(C(=O)Cc2cc(F)cc(Br)c2)cc1Cl. The number of hydrogen-bond acceptors (Lipinski definition) is 2. The van der Waals surface area contributed by atoms with Crippen LogP contribution in [0.3, 0.4) is 0 Å². The summed E-state index contributed by atoms with van der Waals surface area (Å²) in [4.78, 5) is 12.2. The number of anilines is 1. The highest BCUT2D eigenvalue weighted by molar-refractivity contribution is 9.10. The topological polar surface area (TPSA) is 43.1 Å². The molecule has 0 saturated heterocycles. The Balaban J connectivity index is 2.28. The number of hydrogen-bond donors (Lipinski definition) is 1. The fraction of sp³-hybridized carbons (Fsp3) is 0.0714. The van der Waals surface area contributed by atoms with Crippen LogP contribution in [0.15, 0.2) is 34.8 Å². The van der Waals surface area contributed by atoms with Crippen LogP contribution >= 0.6 is 39.1 Å². The Bertz CT molecular complexity index is 648. The fourth-order valence-corrected chi connectivity index (χ4v) is 2.75. The number of benzene rings is 2. The molecule has 2 nitrogen and oxygen atoms in total. The van der Waals surface area contributed by atoms with E-state index in [9.17, 15) is 9.18 Å². The van der Waals surface area contributed by atoms with Crippen LogP contribution in [-0.4, -0.2) is 5.78 Å². The molecule has 0 aliphatic rings. The predicted octanol–water partition coefficient (Wildman–Crippen LogP) is 4.90. The number of carbonyl (C=O) groups is 1. The Hall–Kier alpha value is -1.10. The molecule has 0 aliphatic carbocycles. The molecule has 0 aliphatic heterocycles. The summed E-state index contributed by atoms with van der Waals surface area (Å²) in [5.41, 5.74) is 6.75. The molecule has 0 saturated carbocycles. The Morgan fingerprint density at radius 2 is 1.75 bits per heavy atom. The van der Waals surface area contributed by atoms with Gasteiger partial charge in [0, 0.05) is 16.5 Å². The molecule has 20 heavy (non-hydrogen) atoms. The van der Waals surface area contributed by atoms with Crippen LogP contribution < -0.4 is 5.73 Å². The lowest BCUT2D eigenvalue weighted by Gasteiger charge is -2.06. The molecule has 2 aromatic rings.